The van der Waals surface area contributed by atoms with Gasteiger partial charge in [0.2, 0.25) is 5.56 Å². The number of halogens is 2. The van der Waals surface area contributed by atoms with Crippen LogP contribution in [-0.4, -0.2) is 43.3 Å². The summed E-state index contributed by atoms with van der Waals surface area (Å²) < 4.78 is 24.6. The molecular formula is C24H22Br2N2O6. The molecule has 3 heterocycles. The smallest absolute Gasteiger partial charge is 0.251 e. The number of fused-ring (bicyclic) bond motifs is 2. The molecule has 0 spiro atoms. The Morgan fingerprint density at radius 2 is 1.53 bits per heavy atom. The third-order valence-electron chi connectivity index (χ3n) is 5.29. The van der Waals surface area contributed by atoms with Gasteiger partial charge in [-0.2, -0.15) is 0 Å². The third-order valence-corrected chi connectivity index (χ3v) is 6.60. The van der Waals surface area contributed by atoms with Crippen LogP contribution in [0.3, 0.4) is 0 Å². The van der Waals surface area contributed by atoms with Crippen molar-refractivity contribution in [1.29, 1.82) is 0 Å². The number of nitrogens with zero attached hydrogens (tertiary/aromatic N) is 1. The van der Waals surface area contributed by atoms with Gasteiger partial charge in [0.05, 0.1) is 45.0 Å². The van der Waals surface area contributed by atoms with Crippen molar-refractivity contribution in [3.63, 3.8) is 0 Å². The highest BCUT2D eigenvalue weighted by Gasteiger charge is 2.18. The molecule has 0 amide bonds. The van der Waals surface area contributed by atoms with E-state index >= 15 is 0 Å². The van der Waals surface area contributed by atoms with Crippen LogP contribution in [0.15, 0.2) is 67.1 Å². The van der Waals surface area contributed by atoms with Gasteiger partial charge in [-0.25, -0.2) is 0 Å². The minimum absolute atomic E-state index is 0.0863. The number of H-pyrrole nitrogens is 1. The molecule has 0 unspecified atom stereocenters. The van der Waals surface area contributed by atoms with E-state index in [1.807, 2.05) is 18.2 Å². The largest absolute Gasteiger partial charge is 0.497 e. The van der Waals surface area contributed by atoms with E-state index in [1.165, 1.54) is 6.07 Å². The van der Waals surface area contributed by atoms with Crippen LogP contribution in [0.4, 0.5) is 0 Å². The summed E-state index contributed by atoms with van der Waals surface area (Å²) in [7, 11) is 3.19. The van der Waals surface area contributed by atoms with Gasteiger partial charge >= 0.3 is 0 Å². The highest BCUT2D eigenvalue weighted by molar-refractivity contribution is 9.11. The summed E-state index contributed by atoms with van der Waals surface area (Å²) in [6.45, 7) is 1.50. The lowest BCUT2D eigenvalue weighted by Crippen LogP contribution is -2.27. The fraction of sp³-hybridized carbons (Fsp3) is 0.250. The molecule has 0 bridgehead atoms. The van der Waals surface area contributed by atoms with E-state index in [9.17, 15) is 9.59 Å². The van der Waals surface area contributed by atoms with Gasteiger partial charge in [-0.1, -0.05) is 0 Å². The zero-order valence-electron chi connectivity index (χ0n) is 18.5. The molecule has 2 aromatic carbocycles. The van der Waals surface area contributed by atoms with Crippen LogP contribution in [0.25, 0.3) is 21.8 Å². The average Bonchev–Trinajstić information content (AvgIpc) is 3.34. The maximum atomic E-state index is 12.1. The van der Waals surface area contributed by atoms with Crippen LogP contribution in [0.5, 0.6) is 11.5 Å². The Morgan fingerprint density at radius 3 is 2.21 bits per heavy atom. The number of aromatic nitrogens is 2. The second-order valence-electron chi connectivity index (χ2n) is 7.39. The van der Waals surface area contributed by atoms with Gasteiger partial charge in [-0.3, -0.25) is 9.59 Å². The first-order valence-corrected chi connectivity index (χ1v) is 11.9. The van der Waals surface area contributed by atoms with Gasteiger partial charge in [-0.15, -0.1) is 0 Å². The number of aromatic amines is 1. The predicted molar refractivity (Wildman–Crippen MR) is 137 cm³/mol. The van der Waals surface area contributed by atoms with Crippen molar-refractivity contribution in [3.05, 3.63) is 78.2 Å². The van der Waals surface area contributed by atoms with Crippen molar-refractivity contribution in [2.24, 2.45) is 0 Å². The minimum atomic E-state index is -0.372. The van der Waals surface area contributed by atoms with Gasteiger partial charge in [-0.05, 0) is 56.1 Å². The number of benzene rings is 2. The van der Waals surface area contributed by atoms with Crippen LogP contribution >= 0.6 is 31.9 Å². The van der Waals surface area contributed by atoms with Crippen LogP contribution in [0, 0.1) is 0 Å². The topological polar surface area (TPSA) is 91.8 Å². The van der Waals surface area contributed by atoms with Gasteiger partial charge in [0, 0.05) is 44.0 Å². The normalized spacial score (nSPS) is 13.6. The molecule has 178 valence electrons. The molecule has 0 radical (unpaired) electrons. The minimum Gasteiger partial charge on any atom is -0.497 e. The highest BCUT2D eigenvalue weighted by Crippen LogP contribution is 2.29. The van der Waals surface area contributed by atoms with Gasteiger partial charge in [0.25, 0.3) is 5.56 Å². The van der Waals surface area contributed by atoms with E-state index in [2.05, 4.69) is 36.8 Å². The van der Waals surface area contributed by atoms with Crippen molar-refractivity contribution in [1.82, 2.24) is 9.55 Å². The predicted octanol–water partition coefficient (Wildman–Crippen LogP) is 4.44. The molecule has 0 aliphatic carbocycles. The zero-order valence-corrected chi connectivity index (χ0v) is 21.6. The molecule has 8 nitrogen and oxygen atoms in total. The Hall–Kier alpha value is -2.66. The van der Waals surface area contributed by atoms with Gasteiger partial charge < -0.3 is 28.5 Å². The number of rotatable bonds is 4. The number of hydrogen-bond donors (Lipinski definition) is 1. The number of methoxy groups -OCH3 is 2. The van der Waals surface area contributed by atoms with Gasteiger partial charge in [0.1, 0.15) is 11.5 Å². The van der Waals surface area contributed by atoms with Crippen molar-refractivity contribution in [2.45, 2.75) is 12.8 Å². The lowest BCUT2D eigenvalue weighted by atomic mass is 10.2. The Morgan fingerprint density at radius 1 is 0.912 bits per heavy atom. The maximum Gasteiger partial charge on any atom is 0.251 e. The molecule has 2 aromatic heterocycles. The van der Waals surface area contributed by atoms with Crippen molar-refractivity contribution < 1.29 is 18.9 Å². The number of ether oxygens (including phenoxy) is 4. The van der Waals surface area contributed by atoms with Crippen LogP contribution in [0.2, 0.25) is 0 Å². The number of pyridine rings is 2. The zero-order chi connectivity index (χ0) is 24.2. The van der Waals surface area contributed by atoms with Crippen molar-refractivity contribution >= 4 is 53.7 Å². The van der Waals surface area contributed by atoms with Gasteiger partial charge in [0.15, 0.2) is 6.29 Å². The molecule has 1 aliphatic heterocycles. The molecule has 0 saturated carbocycles. The van der Waals surface area contributed by atoms with Crippen LogP contribution in [0.1, 0.15) is 0 Å². The summed E-state index contributed by atoms with van der Waals surface area (Å²) in [4.78, 5) is 25.9. The fourth-order valence-electron chi connectivity index (χ4n) is 3.62. The molecule has 5 rings (SSSR count). The number of nitrogens with one attached hydrogen (secondary N) is 1. The number of hydrogen-bond acceptors (Lipinski definition) is 6. The molecule has 10 heteroatoms. The molecule has 1 N–H and O–H groups in total. The quantitative estimate of drug-likeness (QED) is 0.376. The standard InChI is InChI=1S/C14H14BrNO4.C10H8BrNO2/c1-18-9-6-11(15)10-2-3-13(17)16(12(10)7-9)8-14-19-4-5-20-14;1-14-6-4-8(11)7-2-3-10(13)12-9(7)5-6/h2-3,6-7,14H,4-5,8H2,1H3;2-5H,1H3,(H,12,13). The summed E-state index contributed by atoms with van der Waals surface area (Å²) in [5.74, 6) is 1.41. The first kappa shape index (κ1) is 24.5. The molecular weight excluding hydrogens is 572 g/mol. The Kier molecular flexibility index (Phi) is 7.72. The van der Waals surface area contributed by atoms with Crippen molar-refractivity contribution in [2.75, 3.05) is 27.4 Å². The molecule has 1 fully saturated rings. The van der Waals surface area contributed by atoms with E-state index in [4.69, 9.17) is 18.9 Å². The average molecular weight is 594 g/mol. The maximum absolute atomic E-state index is 12.1. The molecule has 34 heavy (non-hydrogen) atoms. The van der Waals surface area contributed by atoms with E-state index in [1.54, 1.807) is 43.1 Å². The van der Waals surface area contributed by atoms with Crippen molar-refractivity contribution in [3.8, 4) is 11.5 Å². The molecule has 1 saturated heterocycles. The fourth-order valence-corrected chi connectivity index (χ4v) is 4.75. The summed E-state index contributed by atoms with van der Waals surface area (Å²) in [6.07, 6.45) is -0.372. The van der Waals surface area contributed by atoms with E-state index < -0.39 is 0 Å². The van der Waals surface area contributed by atoms with E-state index in [0.717, 1.165) is 30.8 Å². The summed E-state index contributed by atoms with van der Waals surface area (Å²) in [6, 6.07) is 14.0. The van der Waals surface area contributed by atoms with Crippen LogP contribution in [-0.2, 0) is 16.0 Å². The SMILES string of the molecule is COc1cc(Br)c2ccc(=O)[nH]c2c1.COc1cc(Br)c2ccc(=O)n(CC3OCCO3)c2c1. The molecule has 0 atom stereocenters. The second kappa shape index (κ2) is 10.7. The Bertz CT molecular complexity index is 1440. The van der Waals surface area contributed by atoms with E-state index in [0.29, 0.717) is 31.3 Å². The lowest BCUT2D eigenvalue weighted by Gasteiger charge is -2.15. The summed E-state index contributed by atoms with van der Waals surface area (Å²) in [5, 5.41) is 1.91. The molecule has 1 aliphatic rings. The highest BCUT2D eigenvalue weighted by atomic mass is 79.9. The summed E-state index contributed by atoms with van der Waals surface area (Å²) >= 11 is 6.91. The van der Waals surface area contributed by atoms with E-state index in [-0.39, 0.29) is 17.4 Å². The Balaban J connectivity index is 0.000000172. The first-order valence-electron chi connectivity index (χ1n) is 10.4. The Labute approximate surface area is 211 Å². The monoisotopic (exact) mass is 592 g/mol. The second-order valence-corrected chi connectivity index (χ2v) is 9.10. The lowest BCUT2D eigenvalue weighted by molar-refractivity contribution is -0.0522. The molecule has 4 aromatic rings. The third kappa shape index (κ3) is 5.35. The summed E-state index contributed by atoms with van der Waals surface area (Å²) in [5.41, 5.74) is 1.36. The van der Waals surface area contributed by atoms with Crippen LogP contribution < -0.4 is 20.6 Å². The first-order chi connectivity index (χ1) is 16.4.